The Morgan fingerprint density at radius 3 is 2.30 bits per heavy atom. The van der Waals surface area contributed by atoms with Gasteiger partial charge in [0.25, 0.3) is 0 Å². The highest BCUT2D eigenvalue weighted by Gasteiger charge is 2.15. The minimum Gasteiger partial charge on any atom is -0.438 e. The molecule has 0 saturated heterocycles. The van der Waals surface area contributed by atoms with Gasteiger partial charge in [0.2, 0.25) is 6.29 Å². The Labute approximate surface area is 58.2 Å². The van der Waals surface area contributed by atoms with Crippen molar-refractivity contribution >= 4 is 6.16 Å². The summed E-state index contributed by atoms with van der Waals surface area (Å²) in [4.78, 5) is 10.2. The summed E-state index contributed by atoms with van der Waals surface area (Å²) >= 11 is 0. The zero-order valence-electron chi connectivity index (χ0n) is 5.77. The smallest absolute Gasteiger partial charge is 0.438 e. The normalized spacial score (nSPS) is 15.6. The fraction of sp³-hybridized carbons (Fsp3) is 0.800. The van der Waals surface area contributed by atoms with Crippen LogP contribution in [0.3, 0.4) is 0 Å². The molecule has 2 N–H and O–H groups in total. The standard InChI is InChI=1S/C5H10O5/c1-3(6)4(7)10-5(8)9-2/h3-4,6-7H,1-2H3. The third kappa shape index (κ3) is 3.26. The summed E-state index contributed by atoms with van der Waals surface area (Å²) in [5.41, 5.74) is 0. The predicted molar refractivity (Wildman–Crippen MR) is 31.2 cm³/mol. The van der Waals surface area contributed by atoms with Gasteiger partial charge in [0.1, 0.15) is 6.10 Å². The summed E-state index contributed by atoms with van der Waals surface area (Å²) in [5, 5.41) is 17.2. The number of aliphatic hydroxyl groups is 2. The van der Waals surface area contributed by atoms with Crippen LogP contribution in [0.5, 0.6) is 0 Å². The van der Waals surface area contributed by atoms with Crippen LogP contribution < -0.4 is 0 Å². The second-order valence-corrected chi connectivity index (χ2v) is 1.70. The summed E-state index contributed by atoms with van der Waals surface area (Å²) in [6.07, 6.45) is -3.65. The lowest BCUT2D eigenvalue weighted by atomic mass is 10.4. The van der Waals surface area contributed by atoms with Crippen molar-refractivity contribution < 1.29 is 24.5 Å². The van der Waals surface area contributed by atoms with E-state index < -0.39 is 18.5 Å². The molecule has 0 aromatic heterocycles. The molecule has 0 heterocycles. The van der Waals surface area contributed by atoms with Crippen LogP contribution in [0.15, 0.2) is 0 Å². The van der Waals surface area contributed by atoms with Crippen molar-refractivity contribution in [1.82, 2.24) is 0 Å². The largest absolute Gasteiger partial charge is 0.510 e. The number of rotatable bonds is 2. The van der Waals surface area contributed by atoms with Gasteiger partial charge in [0.15, 0.2) is 0 Å². The zero-order valence-corrected chi connectivity index (χ0v) is 5.77. The molecule has 0 fully saturated rings. The number of hydrogen-bond donors (Lipinski definition) is 2. The van der Waals surface area contributed by atoms with Gasteiger partial charge in [0, 0.05) is 0 Å². The molecule has 0 aliphatic carbocycles. The molecule has 60 valence electrons. The average Bonchev–Trinajstić information content (AvgIpc) is 1.87. The molecule has 0 amide bonds. The van der Waals surface area contributed by atoms with E-state index in [2.05, 4.69) is 9.47 Å². The molecule has 0 spiro atoms. The molecule has 0 bridgehead atoms. The van der Waals surface area contributed by atoms with Crippen molar-refractivity contribution in [2.45, 2.75) is 19.3 Å². The molecule has 5 heteroatoms. The van der Waals surface area contributed by atoms with E-state index in [9.17, 15) is 4.79 Å². The number of aliphatic hydroxyl groups excluding tert-OH is 2. The molecule has 0 saturated carbocycles. The van der Waals surface area contributed by atoms with Crippen LogP contribution in [0, 0.1) is 0 Å². The second kappa shape index (κ2) is 4.08. The van der Waals surface area contributed by atoms with Crippen molar-refractivity contribution in [1.29, 1.82) is 0 Å². The zero-order chi connectivity index (χ0) is 8.15. The van der Waals surface area contributed by atoms with Gasteiger partial charge in [-0.25, -0.2) is 4.79 Å². The van der Waals surface area contributed by atoms with Gasteiger partial charge in [-0.3, -0.25) is 0 Å². The molecule has 0 aromatic carbocycles. The maximum atomic E-state index is 10.2. The van der Waals surface area contributed by atoms with E-state index in [-0.39, 0.29) is 0 Å². The molecule has 2 atom stereocenters. The quantitative estimate of drug-likeness (QED) is 0.408. The molecule has 0 aliphatic heterocycles. The van der Waals surface area contributed by atoms with Gasteiger partial charge in [-0.15, -0.1) is 0 Å². The monoisotopic (exact) mass is 150 g/mol. The lowest BCUT2D eigenvalue weighted by Gasteiger charge is -2.12. The highest BCUT2D eigenvalue weighted by molar-refractivity contribution is 5.59. The fourth-order valence-electron chi connectivity index (χ4n) is 0.245. The van der Waals surface area contributed by atoms with Crippen LogP contribution in [-0.4, -0.2) is 35.9 Å². The van der Waals surface area contributed by atoms with Crippen LogP contribution in [0.1, 0.15) is 6.92 Å². The maximum Gasteiger partial charge on any atom is 0.510 e. The molecule has 10 heavy (non-hydrogen) atoms. The lowest BCUT2D eigenvalue weighted by Crippen LogP contribution is -2.28. The van der Waals surface area contributed by atoms with E-state index in [4.69, 9.17) is 10.2 Å². The van der Waals surface area contributed by atoms with Gasteiger partial charge >= 0.3 is 6.16 Å². The van der Waals surface area contributed by atoms with E-state index >= 15 is 0 Å². The molecule has 0 aromatic rings. The minimum absolute atomic E-state index is 1.02. The summed E-state index contributed by atoms with van der Waals surface area (Å²) in [5.74, 6) is 0. The van der Waals surface area contributed by atoms with Crippen molar-refractivity contribution in [3.8, 4) is 0 Å². The molecular weight excluding hydrogens is 140 g/mol. The van der Waals surface area contributed by atoms with Crippen molar-refractivity contribution in [3.63, 3.8) is 0 Å². The molecule has 0 rings (SSSR count). The Bertz CT molecular complexity index is 111. The van der Waals surface area contributed by atoms with Gasteiger partial charge in [-0.05, 0) is 6.92 Å². The Balaban J connectivity index is 3.57. The number of carbonyl (C=O) groups is 1. The first-order valence-corrected chi connectivity index (χ1v) is 2.68. The van der Waals surface area contributed by atoms with Gasteiger partial charge in [-0.2, -0.15) is 0 Å². The molecule has 0 aliphatic rings. The molecule has 2 unspecified atom stereocenters. The highest BCUT2D eigenvalue weighted by atomic mass is 16.8. The second-order valence-electron chi connectivity index (χ2n) is 1.70. The van der Waals surface area contributed by atoms with Crippen LogP contribution >= 0.6 is 0 Å². The first-order valence-electron chi connectivity index (χ1n) is 2.68. The first-order chi connectivity index (χ1) is 4.57. The minimum atomic E-state index is -1.52. The van der Waals surface area contributed by atoms with Gasteiger partial charge in [-0.1, -0.05) is 0 Å². The SMILES string of the molecule is COC(=O)OC(O)C(C)O. The summed E-state index contributed by atoms with van der Waals surface area (Å²) in [6, 6.07) is 0. The number of methoxy groups -OCH3 is 1. The van der Waals surface area contributed by atoms with E-state index in [0.29, 0.717) is 0 Å². The van der Waals surface area contributed by atoms with Gasteiger partial charge in [0.05, 0.1) is 7.11 Å². The Kier molecular flexibility index (Phi) is 3.75. The molecule has 5 nitrogen and oxygen atoms in total. The predicted octanol–water partition coefficient (Wildman–Crippen LogP) is -0.531. The van der Waals surface area contributed by atoms with Crippen LogP contribution in [-0.2, 0) is 9.47 Å². The number of hydrogen-bond acceptors (Lipinski definition) is 5. The summed E-state index contributed by atoms with van der Waals surface area (Å²) in [7, 11) is 1.11. The average molecular weight is 150 g/mol. The maximum absolute atomic E-state index is 10.2. The third-order valence-corrected chi connectivity index (χ3v) is 0.796. The summed E-state index contributed by atoms with van der Waals surface area (Å²) in [6.45, 7) is 1.29. The third-order valence-electron chi connectivity index (χ3n) is 0.796. The van der Waals surface area contributed by atoms with E-state index in [0.717, 1.165) is 7.11 Å². The van der Waals surface area contributed by atoms with Gasteiger partial charge < -0.3 is 19.7 Å². The molecule has 0 radical (unpaired) electrons. The van der Waals surface area contributed by atoms with E-state index in [1.54, 1.807) is 0 Å². The lowest BCUT2D eigenvalue weighted by molar-refractivity contribution is -0.132. The van der Waals surface area contributed by atoms with E-state index in [1.807, 2.05) is 0 Å². The Morgan fingerprint density at radius 1 is 1.50 bits per heavy atom. The Hall–Kier alpha value is -0.810. The van der Waals surface area contributed by atoms with E-state index in [1.165, 1.54) is 6.92 Å². The number of carbonyl (C=O) groups excluding carboxylic acids is 1. The Morgan fingerprint density at radius 2 is 2.00 bits per heavy atom. The van der Waals surface area contributed by atoms with Crippen molar-refractivity contribution in [2.75, 3.05) is 7.11 Å². The number of ether oxygens (including phenoxy) is 2. The van der Waals surface area contributed by atoms with Crippen molar-refractivity contribution in [3.05, 3.63) is 0 Å². The van der Waals surface area contributed by atoms with Crippen LogP contribution in [0.25, 0.3) is 0 Å². The fourth-order valence-corrected chi connectivity index (χ4v) is 0.245. The summed E-state index contributed by atoms with van der Waals surface area (Å²) < 4.78 is 8.14. The first kappa shape index (κ1) is 9.19. The highest BCUT2D eigenvalue weighted by Crippen LogP contribution is 1.95. The van der Waals surface area contributed by atoms with Crippen LogP contribution in [0.4, 0.5) is 4.79 Å². The molecular formula is C5H10O5. The van der Waals surface area contributed by atoms with Crippen LogP contribution in [0.2, 0.25) is 0 Å². The van der Waals surface area contributed by atoms with Crippen molar-refractivity contribution in [2.24, 2.45) is 0 Å². The topological polar surface area (TPSA) is 76.0 Å².